The summed E-state index contributed by atoms with van der Waals surface area (Å²) in [6.45, 7) is 4.16. The van der Waals surface area contributed by atoms with Crippen molar-refractivity contribution in [2.75, 3.05) is 19.5 Å². The SMILES string of the molecule is CCCc1c(C)nc2ncnn2c1Sc1ccc(NC(=O)c2ccc(OC)c(OC)c2)cc1. The van der Waals surface area contributed by atoms with Crippen molar-refractivity contribution in [3.05, 3.63) is 65.6 Å². The van der Waals surface area contributed by atoms with Crippen molar-refractivity contribution in [3.63, 3.8) is 0 Å². The molecule has 33 heavy (non-hydrogen) atoms. The van der Waals surface area contributed by atoms with Crippen molar-refractivity contribution in [1.82, 2.24) is 19.6 Å². The molecule has 2 aromatic carbocycles. The van der Waals surface area contributed by atoms with Gasteiger partial charge in [-0.05, 0) is 55.8 Å². The summed E-state index contributed by atoms with van der Waals surface area (Å²) in [5.74, 6) is 1.45. The van der Waals surface area contributed by atoms with Gasteiger partial charge in [0.2, 0.25) is 0 Å². The lowest BCUT2D eigenvalue weighted by atomic mass is 10.1. The molecule has 2 heterocycles. The maximum Gasteiger partial charge on any atom is 0.255 e. The van der Waals surface area contributed by atoms with Crippen LogP contribution in [0, 0.1) is 6.92 Å². The second kappa shape index (κ2) is 9.91. The highest BCUT2D eigenvalue weighted by molar-refractivity contribution is 7.99. The minimum Gasteiger partial charge on any atom is -0.493 e. The highest BCUT2D eigenvalue weighted by Gasteiger charge is 2.16. The van der Waals surface area contributed by atoms with Crippen LogP contribution in [-0.4, -0.2) is 39.7 Å². The highest BCUT2D eigenvalue weighted by Crippen LogP contribution is 2.33. The molecule has 9 heteroatoms. The van der Waals surface area contributed by atoms with Gasteiger partial charge in [-0.3, -0.25) is 4.79 Å². The van der Waals surface area contributed by atoms with Gasteiger partial charge in [-0.2, -0.15) is 14.6 Å². The van der Waals surface area contributed by atoms with Gasteiger partial charge in [0.1, 0.15) is 11.4 Å². The number of carbonyl (C=O) groups excluding carboxylic acids is 1. The third-order valence-corrected chi connectivity index (χ3v) is 6.28. The third kappa shape index (κ3) is 4.78. The molecule has 0 fully saturated rings. The van der Waals surface area contributed by atoms with Crippen LogP contribution in [-0.2, 0) is 6.42 Å². The quantitative estimate of drug-likeness (QED) is 0.375. The second-order valence-electron chi connectivity index (χ2n) is 7.35. The van der Waals surface area contributed by atoms with Gasteiger partial charge < -0.3 is 14.8 Å². The molecule has 1 amide bonds. The first kappa shape index (κ1) is 22.6. The van der Waals surface area contributed by atoms with Gasteiger partial charge in [0.05, 0.1) is 14.2 Å². The Morgan fingerprint density at radius 2 is 1.85 bits per heavy atom. The Bertz CT molecular complexity index is 1290. The number of methoxy groups -OCH3 is 2. The van der Waals surface area contributed by atoms with E-state index in [9.17, 15) is 4.79 Å². The van der Waals surface area contributed by atoms with E-state index >= 15 is 0 Å². The molecule has 0 radical (unpaired) electrons. The summed E-state index contributed by atoms with van der Waals surface area (Å²) >= 11 is 1.61. The van der Waals surface area contributed by atoms with Gasteiger partial charge in [-0.15, -0.1) is 0 Å². The summed E-state index contributed by atoms with van der Waals surface area (Å²) in [5, 5.41) is 8.30. The van der Waals surface area contributed by atoms with Crippen molar-refractivity contribution >= 4 is 29.1 Å². The zero-order chi connectivity index (χ0) is 23.4. The number of amides is 1. The fourth-order valence-corrected chi connectivity index (χ4v) is 4.58. The Morgan fingerprint density at radius 1 is 1.09 bits per heavy atom. The number of rotatable bonds is 8. The van der Waals surface area contributed by atoms with E-state index in [4.69, 9.17) is 9.47 Å². The van der Waals surface area contributed by atoms with Gasteiger partial charge in [0, 0.05) is 27.4 Å². The summed E-state index contributed by atoms with van der Waals surface area (Å²) in [5.41, 5.74) is 3.32. The Labute approximate surface area is 196 Å². The second-order valence-corrected chi connectivity index (χ2v) is 8.42. The van der Waals surface area contributed by atoms with E-state index in [2.05, 4.69) is 27.3 Å². The van der Waals surface area contributed by atoms with Gasteiger partial charge in [0.25, 0.3) is 11.7 Å². The fourth-order valence-electron chi connectivity index (χ4n) is 3.50. The number of hydrogen-bond acceptors (Lipinski definition) is 7. The van der Waals surface area contributed by atoms with Gasteiger partial charge >= 0.3 is 0 Å². The molecule has 1 N–H and O–H groups in total. The molecule has 0 bridgehead atoms. The molecule has 0 saturated carbocycles. The number of aryl methyl sites for hydroxylation is 1. The van der Waals surface area contributed by atoms with Crippen LogP contribution in [0.2, 0.25) is 0 Å². The van der Waals surface area contributed by atoms with E-state index in [0.717, 1.165) is 28.5 Å². The first-order valence-electron chi connectivity index (χ1n) is 10.5. The smallest absolute Gasteiger partial charge is 0.255 e. The third-order valence-electron chi connectivity index (χ3n) is 5.16. The average Bonchev–Trinajstić information content (AvgIpc) is 3.30. The Hall–Kier alpha value is -3.59. The van der Waals surface area contributed by atoms with E-state index < -0.39 is 0 Å². The fraction of sp³-hybridized carbons (Fsp3) is 0.250. The average molecular weight is 464 g/mol. The molecular formula is C24H25N5O3S. The number of anilines is 1. The molecule has 0 aliphatic carbocycles. The number of nitrogens with one attached hydrogen (secondary N) is 1. The Kier molecular flexibility index (Phi) is 6.79. The molecule has 8 nitrogen and oxygen atoms in total. The predicted octanol–water partition coefficient (Wildman–Crippen LogP) is 4.81. The Balaban J connectivity index is 1.53. The Morgan fingerprint density at radius 3 is 2.55 bits per heavy atom. The van der Waals surface area contributed by atoms with E-state index in [1.165, 1.54) is 11.9 Å². The molecule has 0 atom stereocenters. The topological polar surface area (TPSA) is 90.6 Å². The number of benzene rings is 2. The lowest BCUT2D eigenvalue weighted by Crippen LogP contribution is -2.12. The molecular weight excluding hydrogens is 438 g/mol. The first-order valence-corrected chi connectivity index (χ1v) is 11.4. The van der Waals surface area contributed by atoms with Crippen molar-refractivity contribution in [3.8, 4) is 11.5 Å². The molecule has 0 saturated heterocycles. The van der Waals surface area contributed by atoms with Gasteiger partial charge in [0.15, 0.2) is 11.5 Å². The van der Waals surface area contributed by atoms with Crippen LogP contribution < -0.4 is 14.8 Å². The molecule has 0 spiro atoms. The normalized spacial score (nSPS) is 10.9. The maximum atomic E-state index is 12.7. The summed E-state index contributed by atoms with van der Waals surface area (Å²) in [7, 11) is 3.10. The van der Waals surface area contributed by atoms with Crippen LogP contribution in [0.25, 0.3) is 5.78 Å². The summed E-state index contributed by atoms with van der Waals surface area (Å²) in [6.07, 6.45) is 3.45. The minimum atomic E-state index is -0.226. The number of fused-ring (bicyclic) bond motifs is 1. The highest BCUT2D eigenvalue weighted by atomic mass is 32.2. The number of ether oxygens (including phenoxy) is 2. The van der Waals surface area contributed by atoms with Crippen molar-refractivity contribution < 1.29 is 14.3 Å². The van der Waals surface area contributed by atoms with Crippen LogP contribution >= 0.6 is 11.8 Å². The summed E-state index contributed by atoms with van der Waals surface area (Å²) in [4.78, 5) is 22.5. The van der Waals surface area contributed by atoms with Crippen molar-refractivity contribution in [2.24, 2.45) is 0 Å². The monoisotopic (exact) mass is 463 g/mol. The van der Waals surface area contributed by atoms with Crippen LogP contribution in [0.1, 0.15) is 35.0 Å². The molecule has 4 aromatic rings. The van der Waals surface area contributed by atoms with Gasteiger partial charge in [-0.25, -0.2) is 4.98 Å². The van der Waals surface area contributed by atoms with Crippen LogP contribution in [0.5, 0.6) is 11.5 Å². The zero-order valence-electron chi connectivity index (χ0n) is 19.0. The van der Waals surface area contributed by atoms with Gasteiger partial charge in [-0.1, -0.05) is 25.1 Å². The van der Waals surface area contributed by atoms with Crippen molar-refractivity contribution in [1.29, 1.82) is 0 Å². The molecule has 0 aliphatic rings. The summed E-state index contributed by atoms with van der Waals surface area (Å²) < 4.78 is 12.3. The molecule has 4 rings (SSSR count). The molecule has 2 aromatic heterocycles. The number of carbonyl (C=O) groups is 1. The molecule has 170 valence electrons. The summed E-state index contributed by atoms with van der Waals surface area (Å²) in [6, 6.07) is 12.8. The van der Waals surface area contributed by atoms with E-state index in [-0.39, 0.29) is 5.91 Å². The maximum absolute atomic E-state index is 12.7. The van der Waals surface area contributed by atoms with Crippen LogP contribution in [0.4, 0.5) is 5.69 Å². The van der Waals surface area contributed by atoms with Crippen molar-refractivity contribution in [2.45, 2.75) is 36.6 Å². The van der Waals surface area contributed by atoms with Crippen LogP contribution in [0.3, 0.4) is 0 Å². The largest absolute Gasteiger partial charge is 0.493 e. The lowest BCUT2D eigenvalue weighted by molar-refractivity contribution is 0.102. The van der Waals surface area contributed by atoms with Crippen LogP contribution in [0.15, 0.2) is 58.7 Å². The van der Waals surface area contributed by atoms with E-state index in [1.807, 2.05) is 31.2 Å². The molecule has 0 aliphatic heterocycles. The number of nitrogens with zero attached hydrogens (tertiary/aromatic N) is 4. The van der Waals surface area contributed by atoms with E-state index in [1.54, 1.807) is 48.7 Å². The first-order chi connectivity index (χ1) is 16.0. The lowest BCUT2D eigenvalue weighted by Gasteiger charge is -2.13. The molecule has 0 unspecified atom stereocenters. The number of aromatic nitrogens is 4. The zero-order valence-corrected chi connectivity index (χ0v) is 19.8. The predicted molar refractivity (Wildman–Crippen MR) is 128 cm³/mol. The number of hydrogen-bond donors (Lipinski definition) is 1. The standard InChI is InChI=1S/C24H25N5O3S/c1-5-6-19-15(2)27-24-25-14-26-29(24)23(19)33-18-10-8-17(9-11-18)28-22(30)16-7-12-20(31-3)21(13-16)32-4/h7-14H,5-6H2,1-4H3,(H,28,30). The van der Waals surface area contributed by atoms with E-state index in [0.29, 0.717) is 28.5 Å². The minimum absolute atomic E-state index is 0.226.